The van der Waals surface area contributed by atoms with Gasteiger partial charge in [0.05, 0.1) is 5.56 Å². The number of hydrogen-bond acceptors (Lipinski definition) is 5. The Morgan fingerprint density at radius 1 is 1.15 bits per heavy atom. The van der Waals surface area contributed by atoms with Crippen molar-refractivity contribution in [3.63, 3.8) is 0 Å². The number of aromatic nitrogens is 1. The standard InChI is InChI=1S/C20H13ClF5N3O4/c1-28-18(31)15(32-11-7-6-10(22)12(13(11)23)17(27)30)19-29-14(16(21)33-19)8-2-4-9(5-3-8)20(24,25)26/h2-7,15H,1H3,(H2,27,30)(H,28,31). The van der Waals surface area contributed by atoms with E-state index in [0.29, 0.717) is 6.07 Å². The molecule has 3 rings (SSSR count). The fourth-order valence-corrected chi connectivity index (χ4v) is 2.98. The summed E-state index contributed by atoms with van der Waals surface area (Å²) in [6.07, 6.45) is -6.32. The van der Waals surface area contributed by atoms with Crippen LogP contribution in [0.5, 0.6) is 5.75 Å². The molecule has 0 bridgehead atoms. The van der Waals surface area contributed by atoms with Crippen molar-refractivity contribution in [3.8, 4) is 17.0 Å². The number of nitrogens with zero attached hydrogens (tertiary/aromatic N) is 1. The Kier molecular flexibility index (Phi) is 6.58. The predicted octanol–water partition coefficient (Wildman–Crippen LogP) is 4.26. The molecule has 13 heteroatoms. The van der Waals surface area contributed by atoms with E-state index in [1.165, 1.54) is 7.05 Å². The summed E-state index contributed by atoms with van der Waals surface area (Å²) in [4.78, 5) is 27.6. The molecule has 1 aromatic heterocycles. The molecule has 0 aliphatic rings. The van der Waals surface area contributed by atoms with Crippen LogP contribution in [-0.2, 0) is 11.0 Å². The minimum atomic E-state index is -4.56. The molecule has 0 spiro atoms. The zero-order chi connectivity index (χ0) is 24.5. The van der Waals surface area contributed by atoms with Crippen molar-refractivity contribution in [3.05, 3.63) is 70.3 Å². The minimum absolute atomic E-state index is 0.115. The van der Waals surface area contributed by atoms with Crippen LogP contribution in [0.4, 0.5) is 22.0 Å². The average molecular weight is 490 g/mol. The van der Waals surface area contributed by atoms with E-state index < -0.39 is 58.5 Å². The summed E-state index contributed by atoms with van der Waals surface area (Å²) in [7, 11) is 1.22. The number of hydrogen-bond donors (Lipinski definition) is 2. The molecule has 0 fully saturated rings. The highest BCUT2D eigenvalue weighted by Gasteiger charge is 2.33. The molecule has 0 radical (unpaired) electrons. The largest absolute Gasteiger partial charge is 0.468 e. The molecule has 1 unspecified atom stereocenters. The van der Waals surface area contributed by atoms with Crippen molar-refractivity contribution in [1.29, 1.82) is 0 Å². The van der Waals surface area contributed by atoms with E-state index in [9.17, 15) is 31.5 Å². The predicted molar refractivity (Wildman–Crippen MR) is 104 cm³/mol. The van der Waals surface area contributed by atoms with Gasteiger partial charge in [-0.2, -0.15) is 13.2 Å². The molecule has 2 amide bonds. The summed E-state index contributed by atoms with van der Waals surface area (Å²) in [5.41, 5.74) is 2.98. The number of amides is 2. The first-order chi connectivity index (χ1) is 15.4. The molecule has 33 heavy (non-hydrogen) atoms. The zero-order valence-electron chi connectivity index (χ0n) is 16.5. The Labute approximate surface area is 187 Å². The van der Waals surface area contributed by atoms with Crippen molar-refractivity contribution in [2.45, 2.75) is 12.3 Å². The Bertz CT molecular complexity index is 1210. The van der Waals surface area contributed by atoms with Gasteiger partial charge in [-0.15, -0.1) is 0 Å². The first-order valence-electron chi connectivity index (χ1n) is 8.94. The van der Waals surface area contributed by atoms with E-state index in [2.05, 4.69) is 10.3 Å². The third-order valence-electron chi connectivity index (χ3n) is 4.34. The molecule has 1 atom stereocenters. The molecular weight excluding hydrogens is 477 g/mol. The Morgan fingerprint density at radius 2 is 1.79 bits per heavy atom. The molecular formula is C20H13ClF5N3O4. The molecule has 3 N–H and O–H groups in total. The van der Waals surface area contributed by atoms with Gasteiger partial charge in [-0.25, -0.2) is 13.8 Å². The number of carbonyl (C=O) groups excluding carboxylic acids is 2. The smallest absolute Gasteiger partial charge is 0.416 e. The van der Waals surface area contributed by atoms with E-state index >= 15 is 0 Å². The monoisotopic (exact) mass is 489 g/mol. The summed E-state index contributed by atoms with van der Waals surface area (Å²) in [6.45, 7) is 0. The van der Waals surface area contributed by atoms with E-state index in [0.717, 1.165) is 30.3 Å². The quantitative estimate of drug-likeness (QED) is 0.503. The van der Waals surface area contributed by atoms with E-state index in [4.69, 9.17) is 26.5 Å². The van der Waals surface area contributed by atoms with Gasteiger partial charge in [0.25, 0.3) is 17.9 Å². The number of likely N-dealkylation sites (N-methyl/N-ethyl adjacent to an activating group) is 1. The van der Waals surface area contributed by atoms with Crippen molar-refractivity contribution < 1.29 is 40.7 Å². The highest BCUT2D eigenvalue weighted by Crippen LogP contribution is 2.35. The van der Waals surface area contributed by atoms with Gasteiger partial charge in [-0.05, 0) is 35.9 Å². The van der Waals surface area contributed by atoms with Crippen LogP contribution >= 0.6 is 11.6 Å². The Balaban J connectivity index is 2.00. The molecule has 0 saturated heterocycles. The number of halogens is 6. The van der Waals surface area contributed by atoms with Gasteiger partial charge in [0.15, 0.2) is 11.6 Å². The minimum Gasteiger partial charge on any atom is -0.468 e. The van der Waals surface area contributed by atoms with Crippen molar-refractivity contribution in [2.24, 2.45) is 5.73 Å². The van der Waals surface area contributed by atoms with Crippen molar-refractivity contribution >= 4 is 23.4 Å². The number of ether oxygens (including phenoxy) is 1. The molecule has 3 aromatic rings. The van der Waals surface area contributed by atoms with E-state index in [1.807, 2.05) is 0 Å². The van der Waals surface area contributed by atoms with Gasteiger partial charge in [0.2, 0.25) is 11.1 Å². The maximum atomic E-state index is 14.5. The lowest BCUT2D eigenvalue weighted by molar-refractivity contribution is -0.137. The van der Waals surface area contributed by atoms with Gasteiger partial charge >= 0.3 is 6.18 Å². The SMILES string of the molecule is CNC(=O)C(Oc1ccc(F)c(C(N)=O)c1F)c1nc(-c2ccc(C(F)(F)F)cc2)c(Cl)o1. The molecule has 2 aromatic carbocycles. The molecule has 1 heterocycles. The maximum absolute atomic E-state index is 14.5. The lowest BCUT2D eigenvalue weighted by Gasteiger charge is -2.16. The van der Waals surface area contributed by atoms with Gasteiger partial charge in [0, 0.05) is 12.6 Å². The van der Waals surface area contributed by atoms with Gasteiger partial charge in [0.1, 0.15) is 17.1 Å². The van der Waals surface area contributed by atoms with E-state index in [-0.39, 0.29) is 16.5 Å². The number of oxazole rings is 1. The summed E-state index contributed by atoms with van der Waals surface area (Å²) in [6, 6.07) is 5.29. The van der Waals surface area contributed by atoms with Crippen LogP contribution < -0.4 is 15.8 Å². The lowest BCUT2D eigenvalue weighted by atomic mass is 10.1. The van der Waals surface area contributed by atoms with Crippen LogP contribution in [0.15, 0.2) is 40.8 Å². The maximum Gasteiger partial charge on any atom is 0.416 e. The molecule has 0 saturated carbocycles. The van der Waals surface area contributed by atoms with Crippen LogP contribution in [0.2, 0.25) is 5.22 Å². The molecule has 0 aliphatic carbocycles. The summed E-state index contributed by atoms with van der Waals surface area (Å²) in [5, 5.41) is 1.84. The highest BCUT2D eigenvalue weighted by atomic mass is 35.5. The third-order valence-corrected chi connectivity index (χ3v) is 4.60. The van der Waals surface area contributed by atoms with Crippen LogP contribution in [-0.4, -0.2) is 23.8 Å². The Hall–Kier alpha value is -3.67. The third kappa shape index (κ3) is 4.90. The zero-order valence-corrected chi connectivity index (χ0v) is 17.2. The summed E-state index contributed by atoms with van der Waals surface area (Å²) in [5.74, 6) is -6.21. The second kappa shape index (κ2) is 9.06. The summed E-state index contributed by atoms with van der Waals surface area (Å²) < 4.78 is 77.1. The second-order valence-electron chi connectivity index (χ2n) is 6.46. The first kappa shape index (κ1) is 24.0. The lowest BCUT2D eigenvalue weighted by Crippen LogP contribution is -2.30. The van der Waals surface area contributed by atoms with Gasteiger partial charge < -0.3 is 20.2 Å². The number of primary amides is 1. The fourth-order valence-electron chi connectivity index (χ4n) is 2.75. The van der Waals surface area contributed by atoms with Crippen LogP contribution in [0.3, 0.4) is 0 Å². The van der Waals surface area contributed by atoms with Crippen molar-refractivity contribution in [1.82, 2.24) is 10.3 Å². The van der Waals surface area contributed by atoms with Gasteiger partial charge in [-0.1, -0.05) is 12.1 Å². The number of rotatable bonds is 6. The second-order valence-corrected chi connectivity index (χ2v) is 6.80. The van der Waals surface area contributed by atoms with Crippen molar-refractivity contribution in [2.75, 3.05) is 7.05 Å². The van der Waals surface area contributed by atoms with Crippen LogP contribution in [0, 0.1) is 11.6 Å². The highest BCUT2D eigenvalue weighted by molar-refractivity contribution is 6.31. The molecule has 7 nitrogen and oxygen atoms in total. The molecule has 0 aliphatic heterocycles. The first-order valence-corrected chi connectivity index (χ1v) is 9.31. The van der Waals surface area contributed by atoms with E-state index in [1.54, 1.807) is 0 Å². The average Bonchev–Trinajstić information content (AvgIpc) is 3.13. The molecule has 174 valence electrons. The number of benzene rings is 2. The number of nitrogens with two attached hydrogens (primary N) is 1. The van der Waals surface area contributed by atoms with Gasteiger partial charge in [-0.3, -0.25) is 9.59 Å². The van der Waals surface area contributed by atoms with Crippen LogP contribution in [0.1, 0.15) is 27.9 Å². The topological polar surface area (TPSA) is 107 Å². The normalized spacial score (nSPS) is 12.3. The fraction of sp³-hybridized carbons (Fsp3) is 0.150. The number of carbonyl (C=O) groups is 2. The number of nitrogens with one attached hydrogen (secondary N) is 1. The summed E-state index contributed by atoms with van der Waals surface area (Å²) >= 11 is 6.00. The van der Waals surface area contributed by atoms with Crippen LogP contribution in [0.25, 0.3) is 11.3 Å². The Morgan fingerprint density at radius 3 is 2.33 bits per heavy atom. The number of alkyl halides is 3.